The first kappa shape index (κ1) is 16.2. The molecule has 2 aromatic rings. The molecule has 0 aliphatic carbocycles. The van der Waals surface area contributed by atoms with Crippen LogP contribution < -0.4 is 9.64 Å². The zero-order valence-electron chi connectivity index (χ0n) is 11.5. The van der Waals surface area contributed by atoms with Crippen LogP contribution in [-0.4, -0.2) is 29.2 Å². The molecule has 0 unspecified atom stereocenters. The van der Waals surface area contributed by atoms with E-state index in [1.165, 1.54) is 24.3 Å². The zero-order chi connectivity index (χ0) is 15.1. The van der Waals surface area contributed by atoms with Crippen molar-refractivity contribution in [2.24, 2.45) is 0 Å². The van der Waals surface area contributed by atoms with Crippen LogP contribution in [0.5, 0.6) is 11.5 Å². The molecule has 110 valence electrons. The number of hydrogen-bond acceptors (Lipinski definition) is 4. The third-order valence-corrected chi connectivity index (χ3v) is 3.36. The predicted molar refractivity (Wildman–Crippen MR) is 74.9 cm³/mol. The summed E-state index contributed by atoms with van der Waals surface area (Å²) in [6, 6.07) is 9.09. The predicted octanol–water partition coefficient (Wildman–Crippen LogP) is 2.95. The van der Waals surface area contributed by atoms with Crippen molar-refractivity contribution in [1.82, 2.24) is 0 Å². The first-order valence-electron chi connectivity index (χ1n) is 6.13. The van der Waals surface area contributed by atoms with Crippen molar-refractivity contribution in [3.63, 3.8) is 0 Å². The van der Waals surface area contributed by atoms with Gasteiger partial charge in [-0.05, 0) is 36.4 Å². The minimum absolute atomic E-state index is 0. The molecule has 2 aromatic carbocycles. The zero-order valence-corrected chi connectivity index (χ0v) is 14.0. The van der Waals surface area contributed by atoms with Gasteiger partial charge in [0.2, 0.25) is 0 Å². The van der Waals surface area contributed by atoms with E-state index in [-0.39, 0.29) is 37.3 Å². The number of nitrogens with zero attached hydrogens (tertiary/aromatic N) is 1. The van der Waals surface area contributed by atoms with Gasteiger partial charge in [-0.2, -0.15) is 0 Å². The van der Waals surface area contributed by atoms with Crippen molar-refractivity contribution in [1.29, 1.82) is 0 Å². The summed E-state index contributed by atoms with van der Waals surface area (Å²) in [7, 11) is 1.77. The van der Waals surface area contributed by atoms with Gasteiger partial charge in [0.25, 0.3) is 0 Å². The van der Waals surface area contributed by atoms with E-state index in [9.17, 15) is 9.59 Å². The number of carboxylic acids is 2. The fourth-order valence-corrected chi connectivity index (χ4v) is 2.25. The minimum atomic E-state index is -1.03. The Morgan fingerprint density at radius 2 is 1.50 bits per heavy atom. The van der Waals surface area contributed by atoms with E-state index >= 15 is 0 Å². The maximum Gasteiger partial charge on any atom is 0.335 e. The van der Waals surface area contributed by atoms with Gasteiger partial charge >= 0.3 is 11.9 Å². The molecule has 1 aliphatic rings. The summed E-state index contributed by atoms with van der Waals surface area (Å²) in [5.41, 5.74) is 1.59. The summed E-state index contributed by atoms with van der Waals surface area (Å²) in [5.74, 6) is -1.14. The van der Waals surface area contributed by atoms with Gasteiger partial charge in [0.15, 0.2) is 11.5 Å². The number of carbonyl (C=O) groups is 2. The van der Waals surface area contributed by atoms with Gasteiger partial charge in [-0.1, -0.05) is 0 Å². The molecule has 0 bridgehead atoms. The fraction of sp³-hybridized carbons (Fsp3) is 0.0667. The van der Waals surface area contributed by atoms with Crippen molar-refractivity contribution >= 4 is 23.3 Å². The number of aromatic carboxylic acids is 2. The van der Waals surface area contributed by atoms with Crippen molar-refractivity contribution in [2.75, 3.05) is 11.9 Å². The van der Waals surface area contributed by atoms with Gasteiger partial charge in [0.1, 0.15) is 0 Å². The van der Waals surface area contributed by atoms with Gasteiger partial charge in [-0.25, -0.2) is 9.59 Å². The summed E-state index contributed by atoms with van der Waals surface area (Å²) < 4.78 is 5.68. The molecule has 0 radical (unpaired) electrons. The molecule has 7 heteroatoms. The Balaban J connectivity index is 0.00000176. The maximum absolute atomic E-state index is 11.0. The van der Waals surface area contributed by atoms with Crippen molar-refractivity contribution < 1.29 is 50.7 Å². The molecular formula is C15H11NO5Zr. The van der Waals surface area contributed by atoms with E-state index in [0.29, 0.717) is 22.9 Å². The van der Waals surface area contributed by atoms with Crippen LogP contribution in [0.1, 0.15) is 20.7 Å². The Labute approximate surface area is 145 Å². The molecule has 22 heavy (non-hydrogen) atoms. The van der Waals surface area contributed by atoms with Crippen LogP contribution in [0.15, 0.2) is 36.4 Å². The minimum Gasteiger partial charge on any atom is -0.478 e. The Morgan fingerprint density at radius 3 is 2.14 bits per heavy atom. The smallest absolute Gasteiger partial charge is 0.335 e. The number of ether oxygens (including phenoxy) is 1. The number of hydrogen-bond donors (Lipinski definition) is 2. The molecule has 0 fully saturated rings. The van der Waals surface area contributed by atoms with Crippen molar-refractivity contribution in [2.45, 2.75) is 0 Å². The summed E-state index contributed by atoms with van der Waals surface area (Å²) in [6.45, 7) is 0. The maximum atomic E-state index is 11.0. The topological polar surface area (TPSA) is 87.1 Å². The van der Waals surface area contributed by atoms with E-state index in [0.717, 1.165) is 0 Å². The SMILES string of the molecule is CN1c2ccc(C(=O)O)cc2Oc2ccc(C(=O)O)cc21.[Zr]. The van der Waals surface area contributed by atoms with E-state index in [1.54, 1.807) is 24.1 Å². The molecule has 0 spiro atoms. The molecule has 0 aromatic heterocycles. The van der Waals surface area contributed by atoms with Crippen LogP contribution in [0.2, 0.25) is 0 Å². The fourth-order valence-electron chi connectivity index (χ4n) is 2.25. The summed E-state index contributed by atoms with van der Waals surface area (Å²) >= 11 is 0. The molecule has 3 rings (SSSR count). The molecule has 0 amide bonds. The third kappa shape index (κ3) is 2.64. The van der Waals surface area contributed by atoms with Gasteiger partial charge in [-0.15, -0.1) is 0 Å². The summed E-state index contributed by atoms with van der Waals surface area (Å²) in [6.07, 6.45) is 0. The molecule has 6 nitrogen and oxygen atoms in total. The molecule has 2 N–H and O–H groups in total. The molecular weight excluding hydrogens is 365 g/mol. The molecule has 0 atom stereocenters. The second-order valence-electron chi connectivity index (χ2n) is 4.64. The van der Waals surface area contributed by atoms with Crippen molar-refractivity contribution in [3.8, 4) is 11.5 Å². The van der Waals surface area contributed by atoms with E-state index in [1.807, 2.05) is 0 Å². The second kappa shape index (κ2) is 5.93. The van der Waals surface area contributed by atoms with Gasteiger partial charge < -0.3 is 19.8 Å². The van der Waals surface area contributed by atoms with Crippen LogP contribution in [0, 0.1) is 0 Å². The normalized spacial score (nSPS) is 11.6. The first-order valence-corrected chi connectivity index (χ1v) is 6.13. The average molecular weight is 376 g/mol. The molecule has 0 saturated carbocycles. The van der Waals surface area contributed by atoms with E-state index < -0.39 is 11.9 Å². The largest absolute Gasteiger partial charge is 0.478 e. The number of carboxylic acid groups (broad SMARTS) is 2. The molecule has 1 aliphatic heterocycles. The van der Waals surface area contributed by atoms with Crippen LogP contribution in [-0.2, 0) is 26.2 Å². The van der Waals surface area contributed by atoms with Gasteiger partial charge in [0, 0.05) is 33.3 Å². The standard InChI is InChI=1S/C15H11NO5.Zr/c1-16-10-4-2-9(15(19)20)7-13(10)21-12-5-3-8(14(17)18)6-11(12)16;/h2-7H,1H3,(H,17,18)(H,19,20);. The number of benzene rings is 2. The first-order chi connectivity index (χ1) is 9.97. The number of anilines is 2. The number of rotatable bonds is 2. The summed E-state index contributed by atoms with van der Waals surface area (Å²) in [4.78, 5) is 23.8. The van der Waals surface area contributed by atoms with E-state index in [4.69, 9.17) is 14.9 Å². The quantitative estimate of drug-likeness (QED) is 0.838. The van der Waals surface area contributed by atoms with Crippen LogP contribution in [0.4, 0.5) is 11.4 Å². The Bertz CT molecular complexity index is 775. The Morgan fingerprint density at radius 1 is 0.909 bits per heavy atom. The van der Waals surface area contributed by atoms with Crippen molar-refractivity contribution in [3.05, 3.63) is 47.5 Å². The third-order valence-electron chi connectivity index (χ3n) is 3.36. The van der Waals surface area contributed by atoms with Crippen LogP contribution >= 0.6 is 0 Å². The van der Waals surface area contributed by atoms with E-state index in [2.05, 4.69) is 0 Å². The van der Waals surface area contributed by atoms with Crippen LogP contribution in [0.25, 0.3) is 0 Å². The number of fused-ring (bicyclic) bond motifs is 2. The average Bonchev–Trinajstić information content (AvgIpc) is 2.46. The molecule has 1 heterocycles. The van der Waals surface area contributed by atoms with Gasteiger partial charge in [0.05, 0.1) is 22.5 Å². The molecule has 0 saturated heterocycles. The Kier molecular flexibility index (Phi) is 4.38. The summed E-state index contributed by atoms with van der Waals surface area (Å²) in [5, 5.41) is 18.1. The van der Waals surface area contributed by atoms with Crippen LogP contribution in [0.3, 0.4) is 0 Å². The monoisotopic (exact) mass is 375 g/mol. The second-order valence-corrected chi connectivity index (χ2v) is 4.64. The Hall–Kier alpha value is -2.14. The van der Waals surface area contributed by atoms with Gasteiger partial charge in [-0.3, -0.25) is 0 Å².